The van der Waals surface area contributed by atoms with Crippen molar-refractivity contribution in [1.82, 2.24) is 4.98 Å². The van der Waals surface area contributed by atoms with Crippen LogP contribution in [-0.4, -0.2) is 23.3 Å². The molecule has 3 nitrogen and oxygen atoms in total. The van der Waals surface area contributed by atoms with Gasteiger partial charge in [0, 0.05) is 10.9 Å². The summed E-state index contributed by atoms with van der Waals surface area (Å²) >= 11 is 2.93. The molecule has 0 fully saturated rings. The van der Waals surface area contributed by atoms with Crippen LogP contribution in [0.25, 0.3) is 11.3 Å². The molecule has 0 saturated carbocycles. The van der Waals surface area contributed by atoms with E-state index < -0.39 is 0 Å². The number of hydrogen-bond donors (Lipinski definition) is 0. The summed E-state index contributed by atoms with van der Waals surface area (Å²) in [4.78, 5) is 15.8. The highest BCUT2D eigenvalue weighted by molar-refractivity contribution is 8.01. The predicted octanol–water partition coefficient (Wildman–Crippen LogP) is 3.63. The molecule has 0 radical (unpaired) electrons. The van der Waals surface area contributed by atoms with Crippen molar-refractivity contribution in [3.05, 3.63) is 48.4 Å². The first-order valence-electron chi connectivity index (χ1n) is 5.70. The van der Waals surface area contributed by atoms with Crippen LogP contribution in [0.4, 0.5) is 0 Å². The van der Waals surface area contributed by atoms with Crippen LogP contribution < -0.4 is 0 Å². The largest absolute Gasteiger partial charge is 0.461 e. The summed E-state index contributed by atoms with van der Waals surface area (Å²) in [6, 6.07) is 9.97. The molecule has 0 aliphatic carbocycles. The molecule has 0 atom stereocenters. The van der Waals surface area contributed by atoms with Crippen LogP contribution in [-0.2, 0) is 9.53 Å². The lowest BCUT2D eigenvalue weighted by molar-refractivity contribution is -0.139. The highest BCUT2D eigenvalue weighted by atomic mass is 32.2. The highest BCUT2D eigenvalue weighted by Gasteiger charge is 2.08. The lowest BCUT2D eigenvalue weighted by Crippen LogP contribution is -2.06. The Kier molecular flexibility index (Phi) is 5.18. The smallest absolute Gasteiger partial charge is 0.316 e. The minimum absolute atomic E-state index is 0.249. The maximum atomic E-state index is 11.3. The summed E-state index contributed by atoms with van der Waals surface area (Å²) in [7, 11) is 0. The van der Waals surface area contributed by atoms with Gasteiger partial charge in [0.1, 0.15) is 6.61 Å². The van der Waals surface area contributed by atoms with Crippen molar-refractivity contribution < 1.29 is 9.53 Å². The van der Waals surface area contributed by atoms with Gasteiger partial charge in [-0.25, -0.2) is 4.98 Å². The Morgan fingerprint density at radius 1 is 1.42 bits per heavy atom. The third-order valence-electron chi connectivity index (χ3n) is 2.23. The molecule has 0 amide bonds. The second-order valence-corrected chi connectivity index (χ2v) is 5.71. The third-order valence-corrected chi connectivity index (χ3v) is 4.22. The molecule has 19 heavy (non-hydrogen) atoms. The van der Waals surface area contributed by atoms with E-state index in [2.05, 4.69) is 11.6 Å². The molecule has 5 heteroatoms. The second kappa shape index (κ2) is 7.11. The van der Waals surface area contributed by atoms with E-state index in [4.69, 9.17) is 4.74 Å². The van der Waals surface area contributed by atoms with Crippen LogP contribution in [0.15, 0.2) is 52.7 Å². The zero-order valence-electron chi connectivity index (χ0n) is 10.2. The molecule has 0 unspecified atom stereocenters. The van der Waals surface area contributed by atoms with Crippen LogP contribution in [0, 0.1) is 0 Å². The highest BCUT2D eigenvalue weighted by Crippen LogP contribution is 2.28. The molecule has 0 aliphatic rings. The van der Waals surface area contributed by atoms with Gasteiger partial charge in [0.15, 0.2) is 4.34 Å². The van der Waals surface area contributed by atoms with E-state index in [1.54, 1.807) is 6.08 Å². The van der Waals surface area contributed by atoms with Crippen molar-refractivity contribution in [2.24, 2.45) is 0 Å². The zero-order valence-corrected chi connectivity index (χ0v) is 11.9. The summed E-state index contributed by atoms with van der Waals surface area (Å²) in [5.41, 5.74) is 2.02. The molecule has 0 bridgehead atoms. The SMILES string of the molecule is C=CCOC(=O)CSc1nc(-c2ccccc2)cs1. The van der Waals surface area contributed by atoms with Crippen molar-refractivity contribution in [3.63, 3.8) is 0 Å². The number of esters is 1. The van der Waals surface area contributed by atoms with Gasteiger partial charge in [-0.1, -0.05) is 54.7 Å². The maximum Gasteiger partial charge on any atom is 0.316 e. The Morgan fingerprint density at radius 3 is 2.95 bits per heavy atom. The van der Waals surface area contributed by atoms with Gasteiger partial charge in [-0.3, -0.25) is 4.79 Å². The first-order valence-corrected chi connectivity index (χ1v) is 7.56. The number of benzene rings is 1. The van der Waals surface area contributed by atoms with E-state index >= 15 is 0 Å². The van der Waals surface area contributed by atoms with Crippen LogP contribution in [0.2, 0.25) is 0 Å². The minimum Gasteiger partial charge on any atom is -0.461 e. The Morgan fingerprint density at radius 2 is 2.21 bits per heavy atom. The summed E-state index contributed by atoms with van der Waals surface area (Å²) in [6.07, 6.45) is 1.56. The molecule has 0 aliphatic heterocycles. The number of hydrogen-bond acceptors (Lipinski definition) is 5. The van der Waals surface area contributed by atoms with E-state index in [-0.39, 0.29) is 18.3 Å². The Balaban J connectivity index is 1.91. The second-order valence-electron chi connectivity index (χ2n) is 3.63. The van der Waals surface area contributed by atoms with Crippen molar-refractivity contribution in [2.45, 2.75) is 4.34 Å². The molecule has 2 rings (SSSR count). The van der Waals surface area contributed by atoms with Crippen molar-refractivity contribution >= 4 is 29.1 Å². The fourth-order valence-electron chi connectivity index (χ4n) is 1.38. The summed E-state index contributed by atoms with van der Waals surface area (Å²) in [5.74, 6) is 0.0247. The summed E-state index contributed by atoms with van der Waals surface area (Å²) in [6.45, 7) is 3.75. The molecule has 98 valence electrons. The lowest BCUT2D eigenvalue weighted by atomic mass is 10.2. The number of ether oxygens (including phenoxy) is 1. The van der Waals surface area contributed by atoms with E-state index in [0.717, 1.165) is 15.6 Å². The topological polar surface area (TPSA) is 39.2 Å². The molecule has 0 saturated heterocycles. The summed E-state index contributed by atoms with van der Waals surface area (Å²) in [5, 5.41) is 1.99. The summed E-state index contributed by atoms with van der Waals surface area (Å²) < 4.78 is 5.77. The molecular formula is C14H13NO2S2. The number of nitrogens with zero attached hydrogens (tertiary/aromatic N) is 1. The lowest BCUT2D eigenvalue weighted by Gasteiger charge is -1.99. The standard InChI is InChI=1S/C14H13NO2S2/c1-2-8-17-13(16)10-19-14-15-12(9-18-14)11-6-4-3-5-7-11/h2-7,9H,1,8,10H2. The third kappa shape index (κ3) is 4.22. The molecule has 1 aromatic heterocycles. The number of thioether (sulfide) groups is 1. The predicted molar refractivity (Wildman–Crippen MR) is 79.4 cm³/mol. The number of carbonyl (C=O) groups excluding carboxylic acids is 1. The van der Waals surface area contributed by atoms with E-state index in [0.29, 0.717) is 0 Å². The van der Waals surface area contributed by atoms with Crippen molar-refractivity contribution in [1.29, 1.82) is 0 Å². The van der Waals surface area contributed by atoms with Crippen LogP contribution >= 0.6 is 23.1 Å². The molecule has 2 aromatic rings. The van der Waals surface area contributed by atoms with Gasteiger partial charge in [-0.2, -0.15) is 0 Å². The quantitative estimate of drug-likeness (QED) is 0.463. The van der Waals surface area contributed by atoms with Crippen molar-refractivity contribution in [3.8, 4) is 11.3 Å². The first kappa shape index (κ1) is 13.8. The Hall–Kier alpha value is -1.59. The number of rotatable bonds is 6. The number of aromatic nitrogens is 1. The van der Waals surface area contributed by atoms with Gasteiger partial charge in [0.2, 0.25) is 0 Å². The molecule has 1 heterocycles. The fraction of sp³-hybridized carbons (Fsp3) is 0.143. The Labute approximate surface area is 120 Å². The van der Waals surface area contributed by atoms with Gasteiger partial charge >= 0.3 is 5.97 Å². The monoisotopic (exact) mass is 291 g/mol. The van der Waals surface area contributed by atoms with Gasteiger partial charge < -0.3 is 4.74 Å². The number of thiazole rings is 1. The molecule has 0 spiro atoms. The van der Waals surface area contributed by atoms with Crippen LogP contribution in [0.1, 0.15) is 0 Å². The zero-order chi connectivity index (χ0) is 13.5. The van der Waals surface area contributed by atoms with E-state index in [9.17, 15) is 4.79 Å². The minimum atomic E-state index is -0.249. The van der Waals surface area contributed by atoms with E-state index in [1.165, 1.54) is 23.1 Å². The van der Waals surface area contributed by atoms with Gasteiger partial charge in [-0.05, 0) is 0 Å². The maximum absolute atomic E-state index is 11.3. The average molecular weight is 291 g/mol. The van der Waals surface area contributed by atoms with Crippen LogP contribution in [0.5, 0.6) is 0 Å². The number of carbonyl (C=O) groups is 1. The molecular weight excluding hydrogens is 278 g/mol. The van der Waals surface area contributed by atoms with Crippen molar-refractivity contribution in [2.75, 3.05) is 12.4 Å². The van der Waals surface area contributed by atoms with E-state index in [1.807, 2.05) is 35.7 Å². The van der Waals surface area contributed by atoms with Gasteiger partial charge in [-0.15, -0.1) is 11.3 Å². The van der Waals surface area contributed by atoms with Crippen LogP contribution in [0.3, 0.4) is 0 Å². The average Bonchev–Trinajstić information content (AvgIpc) is 2.93. The Bertz CT molecular complexity index is 552. The fourth-order valence-corrected chi connectivity index (χ4v) is 3.01. The molecule has 0 N–H and O–H groups in total. The molecule has 1 aromatic carbocycles. The first-order chi connectivity index (χ1) is 9.29. The van der Waals surface area contributed by atoms with Gasteiger partial charge in [0.05, 0.1) is 11.4 Å². The van der Waals surface area contributed by atoms with Gasteiger partial charge in [0.25, 0.3) is 0 Å². The normalized spacial score (nSPS) is 10.1.